The van der Waals surface area contributed by atoms with E-state index in [1.165, 1.54) is 12.1 Å². The number of rotatable bonds is 5. The summed E-state index contributed by atoms with van der Waals surface area (Å²) < 4.78 is 44.1. The summed E-state index contributed by atoms with van der Waals surface area (Å²) in [4.78, 5) is 0. The molecule has 0 aliphatic carbocycles. The van der Waals surface area contributed by atoms with E-state index in [0.717, 1.165) is 11.8 Å². The van der Waals surface area contributed by atoms with E-state index in [0.29, 0.717) is 12.8 Å². The number of nitrogens with one attached hydrogen (secondary N) is 1. The summed E-state index contributed by atoms with van der Waals surface area (Å²) in [7, 11) is 0. The van der Waals surface area contributed by atoms with Crippen LogP contribution >= 0.6 is 11.6 Å². The highest BCUT2D eigenvalue weighted by molar-refractivity contribution is 6.33. The number of anilines is 1. The van der Waals surface area contributed by atoms with Crippen molar-refractivity contribution in [3.63, 3.8) is 0 Å². The molecule has 0 amide bonds. The summed E-state index contributed by atoms with van der Waals surface area (Å²) >= 11 is 5.90. The van der Waals surface area contributed by atoms with E-state index in [-0.39, 0.29) is 16.8 Å². The van der Waals surface area contributed by atoms with Gasteiger partial charge in [0.25, 0.3) is 0 Å². The maximum atomic E-state index is 13.0. The molecule has 6 heteroatoms. The quantitative estimate of drug-likeness (QED) is 0.800. The van der Waals surface area contributed by atoms with Crippen LogP contribution in [0.15, 0.2) is 41.0 Å². The molecule has 21 heavy (non-hydrogen) atoms. The Labute approximate surface area is 125 Å². The van der Waals surface area contributed by atoms with Crippen LogP contribution in [0, 0.1) is 0 Å². The molecule has 0 radical (unpaired) electrons. The Morgan fingerprint density at radius 2 is 2.00 bits per heavy atom. The summed E-state index contributed by atoms with van der Waals surface area (Å²) in [6.45, 7) is 1.81. The van der Waals surface area contributed by atoms with Crippen LogP contribution in [0.5, 0.6) is 0 Å². The Morgan fingerprint density at radius 3 is 2.62 bits per heavy atom. The number of hydrogen-bond acceptors (Lipinski definition) is 2. The van der Waals surface area contributed by atoms with Crippen molar-refractivity contribution in [1.82, 2.24) is 0 Å². The van der Waals surface area contributed by atoms with Gasteiger partial charge in [-0.25, -0.2) is 0 Å². The number of benzene rings is 1. The van der Waals surface area contributed by atoms with E-state index < -0.39 is 11.7 Å². The molecule has 0 saturated carbocycles. The molecule has 1 aromatic carbocycles. The van der Waals surface area contributed by atoms with E-state index in [1.54, 1.807) is 12.3 Å². The van der Waals surface area contributed by atoms with Gasteiger partial charge in [0.1, 0.15) is 5.76 Å². The van der Waals surface area contributed by atoms with E-state index >= 15 is 0 Å². The van der Waals surface area contributed by atoms with Gasteiger partial charge < -0.3 is 9.73 Å². The van der Waals surface area contributed by atoms with Gasteiger partial charge in [-0.05, 0) is 37.6 Å². The van der Waals surface area contributed by atoms with E-state index in [2.05, 4.69) is 5.32 Å². The van der Waals surface area contributed by atoms with Crippen LogP contribution in [0.25, 0.3) is 0 Å². The zero-order valence-electron chi connectivity index (χ0n) is 11.4. The van der Waals surface area contributed by atoms with Crippen molar-refractivity contribution >= 4 is 17.3 Å². The van der Waals surface area contributed by atoms with E-state index in [1.807, 2.05) is 13.0 Å². The third kappa shape index (κ3) is 4.17. The fraction of sp³-hybridized carbons (Fsp3) is 0.333. The van der Waals surface area contributed by atoms with Crippen molar-refractivity contribution in [3.05, 3.63) is 52.9 Å². The van der Waals surface area contributed by atoms with Gasteiger partial charge in [-0.2, -0.15) is 13.2 Å². The first kappa shape index (κ1) is 15.8. The average Bonchev–Trinajstić information content (AvgIpc) is 2.90. The molecule has 0 spiro atoms. The third-order valence-electron chi connectivity index (χ3n) is 3.11. The van der Waals surface area contributed by atoms with Crippen LogP contribution in [-0.4, -0.2) is 6.04 Å². The highest BCUT2D eigenvalue weighted by atomic mass is 35.5. The van der Waals surface area contributed by atoms with Gasteiger partial charge >= 0.3 is 6.18 Å². The van der Waals surface area contributed by atoms with Gasteiger partial charge in [-0.3, -0.25) is 0 Å². The minimum atomic E-state index is -4.44. The van der Waals surface area contributed by atoms with Crippen molar-refractivity contribution in [2.45, 2.75) is 32.0 Å². The molecule has 1 heterocycles. The molecule has 0 aliphatic rings. The van der Waals surface area contributed by atoms with Crippen molar-refractivity contribution in [2.75, 3.05) is 5.32 Å². The summed E-state index contributed by atoms with van der Waals surface area (Å²) in [5.74, 6) is 0.804. The van der Waals surface area contributed by atoms with Crippen LogP contribution in [0.1, 0.15) is 24.7 Å². The molecule has 0 saturated heterocycles. The summed E-state index contributed by atoms with van der Waals surface area (Å²) in [5, 5.41) is 2.92. The molecule has 0 fully saturated rings. The van der Waals surface area contributed by atoms with Gasteiger partial charge in [0.05, 0.1) is 22.5 Å². The average molecular weight is 318 g/mol. The number of para-hydroxylation sites is 1. The molecule has 114 valence electrons. The fourth-order valence-electron chi connectivity index (χ4n) is 2.04. The summed E-state index contributed by atoms with van der Waals surface area (Å²) in [6, 6.07) is 7.21. The highest BCUT2D eigenvalue weighted by Crippen LogP contribution is 2.38. The topological polar surface area (TPSA) is 25.2 Å². The lowest BCUT2D eigenvalue weighted by Gasteiger charge is -2.20. The van der Waals surface area contributed by atoms with Crippen molar-refractivity contribution in [2.24, 2.45) is 0 Å². The molecule has 2 rings (SSSR count). The number of halogens is 4. The number of furan rings is 1. The van der Waals surface area contributed by atoms with Gasteiger partial charge in [-0.15, -0.1) is 0 Å². The van der Waals surface area contributed by atoms with Gasteiger partial charge in [-0.1, -0.05) is 17.7 Å². The second-order valence-electron chi connectivity index (χ2n) is 4.82. The summed E-state index contributed by atoms with van der Waals surface area (Å²) in [6.07, 6.45) is -1.58. The number of hydrogen-bond donors (Lipinski definition) is 1. The van der Waals surface area contributed by atoms with Crippen LogP contribution in [-0.2, 0) is 12.6 Å². The molecule has 1 aromatic heterocycles. The second-order valence-corrected chi connectivity index (χ2v) is 5.23. The smallest absolute Gasteiger partial charge is 0.418 e. The van der Waals surface area contributed by atoms with Gasteiger partial charge in [0.2, 0.25) is 0 Å². The lowest BCUT2D eigenvalue weighted by Crippen LogP contribution is -2.19. The normalized spacial score (nSPS) is 13.2. The third-order valence-corrected chi connectivity index (χ3v) is 3.43. The summed E-state index contributed by atoms with van der Waals surface area (Å²) in [5.41, 5.74) is -0.821. The lowest BCUT2D eigenvalue weighted by molar-refractivity contribution is -0.137. The first-order valence-corrected chi connectivity index (χ1v) is 6.90. The first-order valence-electron chi connectivity index (χ1n) is 6.52. The fourth-order valence-corrected chi connectivity index (χ4v) is 2.27. The predicted octanol–water partition coefficient (Wildman–Crippen LogP) is 5.39. The molecular formula is C15H15ClF3NO. The van der Waals surface area contributed by atoms with E-state index in [9.17, 15) is 13.2 Å². The molecule has 0 bridgehead atoms. The Morgan fingerprint density at radius 1 is 1.24 bits per heavy atom. The SMILES string of the molecule is CC(CCc1ccco1)Nc1c(Cl)cccc1C(F)(F)F. The number of aryl methyl sites for hydroxylation is 1. The Bertz CT molecular complexity index is 581. The Balaban J connectivity index is 2.08. The number of alkyl halides is 3. The van der Waals surface area contributed by atoms with E-state index in [4.69, 9.17) is 16.0 Å². The van der Waals surface area contributed by atoms with Crippen LogP contribution in [0.4, 0.5) is 18.9 Å². The maximum absolute atomic E-state index is 13.0. The highest BCUT2D eigenvalue weighted by Gasteiger charge is 2.34. The standard InChI is InChI=1S/C15H15ClF3NO/c1-10(7-8-11-4-3-9-21-11)20-14-12(15(17,18)19)5-2-6-13(14)16/h2-6,9-10,20H,7-8H2,1H3. The largest absolute Gasteiger partial charge is 0.469 e. The molecular weight excluding hydrogens is 303 g/mol. The minimum Gasteiger partial charge on any atom is -0.469 e. The molecule has 1 unspecified atom stereocenters. The monoisotopic (exact) mass is 317 g/mol. The van der Waals surface area contributed by atoms with Crippen molar-refractivity contribution < 1.29 is 17.6 Å². The van der Waals surface area contributed by atoms with Gasteiger partial charge in [0.15, 0.2) is 0 Å². The molecule has 1 atom stereocenters. The lowest BCUT2D eigenvalue weighted by atomic mass is 10.1. The second kappa shape index (κ2) is 6.43. The molecule has 1 N–H and O–H groups in total. The van der Waals surface area contributed by atoms with Crippen LogP contribution in [0.3, 0.4) is 0 Å². The first-order chi connectivity index (χ1) is 9.88. The molecule has 0 aliphatic heterocycles. The zero-order valence-corrected chi connectivity index (χ0v) is 12.1. The van der Waals surface area contributed by atoms with Crippen LogP contribution in [0.2, 0.25) is 5.02 Å². The van der Waals surface area contributed by atoms with Crippen molar-refractivity contribution in [1.29, 1.82) is 0 Å². The zero-order chi connectivity index (χ0) is 15.5. The van der Waals surface area contributed by atoms with Crippen molar-refractivity contribution in [3.8, 4) is 0 Å². The Kier molecular flexibility index (Phi) is 4.83. The van der Waals surface area contributed by atoms with Crippen LogP contribution < -0.4 is 5.32 Å². The molecule has 2 nitrogen and oxygen atoms in total. The minimum absolute atomic E-state index is 0.0645. The molecule has 2 aromatic rings. The Hall–Kier alpha value is -1.62. The van der Waals surface area contributed by atoms with Gasteiger partial charge in [0, 0.05) is 12.5 Å². The predicted molar refractivity (Wildman–Crippen MR) is 76.6 cm³/mol. The maximum Gasteiger partial charge on any atom is 0.418 e.